The van der Waals surface area contributed by atoms with Crippen LogP contribution in [0.25, 0.3) is 0 Å². The van der Waals surface area contributed by atoms with Gasteiger partial charge in [0.05, 0.1) is 17.1 Å². The fourth-order valence-electron chi connectivity index (χ4n) is 3.40. The normalized spacial score (nSPS) is 10.9. The standard InChI is InChI=1S/C26H29N3O4S2/c1-4-5-14-33-24-9-7-6-8-23(24)25(30)28-26(34)27-20-10-12-22(13-11-20)35(31,32)29-21-16-18(2)15-19(3)17-21/h6-13,15-17,29H,4-5,14H2,1-3H3,(H2,27,28,30,34). The Morgan fingerprint density at radius 1 is 0.943 bits per heavy atom. The number of rotatable bonds is 9. The van der Waals surface area contributed by atoms with E-state index in [1.807, 2.05) is 19.9 Å². The molecule has 0 saturated heterocycles. The Kier molecular flexibility index (Phi) is 8.84. The smallest absolute Gasteiger partial charge is 0.261 e. The van der Waals surface area contributed by atoms with Crippen LogP contribution in [0, 0.1) is 13.8 Å². The van der Waals surface area contributed by atoms with E-state index in [1.54, 1.807) is 48.5 Å². The number of amides is 1. The summed E-state index contributed by atoms with van der Waals surface area (Å²) in [4.78, 5) is 12.8. The molecule has 0 unspecified atom stereocenters. The van der Waals surface area contributed by atoms with Gasteiger partial charge in [-0.15, -0.1) is 0 Å². The number of hydrogen-bond donors (Lipinski definition) is 3. The molecular weight excluding hydrogens is 482 g/mol. The summed E-state index contributed by atoms with van der Waals surface area (Å²) in [6, 6.07) is 18.6. The van der Waals surface area contributed by atoms with Crippen molar-refractivity contribution in [1.29, 1.82) is 0 Å². The van der Waals surface area contributed by atoms with E-state index in [-0.39, 0.29) is 10.0 Å². The fourth-order valence-corrected chi connectivity index (χ4v) is 4.66. The topological polar surface area (TPSA) is 96.5 Å². The minimum Gasteiger partial charge on any atom is -0.493 e. The van der Waals surface area contributed by atoms with Crippen LogP contribution in [-0.2, 0) is 10.0 Å². The Balaban J connectivity index is 1.62. The Labute approximate surface area is 212 Å². The predicted molar refractivity (Wildman–Crippen MR) is 144 cm³/mol. The quantitative estimate of drug-likeness (QED) is 0.263. The zero-order valence-electron chi connectivity index (χ0n) is 19.9. The number of aryl methyl sites for hydroxylation is 2. The number of anilines is 2. The fraction of sp³-hybridized carbons (Fsp3) is 0.231. The van der Waals surface area contributed by atoms with Crippen LogP contribution in [0.4, 0.5) is 11.4 Å². The number of hydrogen-bond acceptors (Lipinski definition) is 5. The minimum absolute atomic E-state index is 0.0855. The molecule has 0 spiro atoms. The predicted octanol–water partition coefficient (Wildman–Crippen LogP) is 5.41. The zero-order valence-corrected chi connectivity index (χ0v) is 21.6. The van der Waals surface area contributed by atoms with Crippen molar-refractivity contribution in [3.63, 3.8) is 0 Å². The lowest BCUT2D eigenvalue weighted by molar-refractivity contribution is 0.0973. The van der Waals surface area contributed by atoms with Gasteiger partial charge in [-0.3, -0.25) is 14.8 Å². The molecule has 3 aromatic carbocycles. The molecule has 184 valence electrons. The molecule has 0 fully saturated rings. The van der Waals surface area contributed by atoms with E-state index in [1.165, 1.54) is 12.1 Å². The lowest BCUT2D eigenvalue weighted by Crippen LogP contribution is -2.34. The van der Waals surface area contributed by atoms with E-state index in [0.717, 1.165) is 24.0 Å². The second-order valence-corrected chi connectivity index (χ2v) is 10.2. The summed E-state index contributed by atoms with van der Waals surface area (Å²) in [5.41, 5.74) is 3.35. The van der Waals surface area contributed by atoms with Crippen LogP contribution in [0.5, 0.6) is 5.75 Å². The molecule has 7 nitrogen and oxygen atoms in total. The van der Waals surface area contributed by atoms with Gasteiger partial charge in [-0.25, -0.2) is 8.42 Å². The van der Waals surface area contributed by atoms with Gasteiger partial charge in [0.15, 0.2) is 5.11 Å². The zero-order chi connectivity index (χ0) is 25.4. The molecule has 0 radical (unpaired) electrons. The SMILES string of the molecule is CCCCOc1ccccc1C(=O)NC(=S)Nc1ccc(S(=O)(=O)Nc2cc(C)cc(C)c2)cc1. The van der Waals surface area contributed by atoms with Crippen LogP contribution >= 0.6 is 12.2 Å². The molecule has 1 amide bonds. The maximum atomic E-state index is 12.8. The maximum absolute atomic E-state index is 12.8. The van der Waals surface area contributed by atoms with E-state index in [2.05, 4.69) is 22.3 Å². The summed E-state index contributed by atoms with van der Waals surface area (Å²) in [5, 5.41) is 5.62. The van der Waals surface area contributed by atoms with Crippen molar-refractivity contribution >= 4 is 44.6 Å². The largest absolute Gasteiger partial charge is 0.493 e. The first kappa shape index (κ1) is 26.2. The van der Waals surface area contributed by atoms with Crippen LogP contribution in [0.15, 0.2) is 71.6 Å². The van der Waals surface area contributed by atoms with Gasteiger partial charge in [-0.05, 0) is 92.1 Å². The highest BCUT2D eigenvalue weighted by atomic mass is 32.2. The number of nitrogens with one attached hydrogen (secondary N) is 3. The summed E-state index contributed by atoms with van der Waals surface area (Å²) >= 11 is 5.26. The number of carbonyl (C=O) groups excluding carboxylic acids is 1. The number of thiocarbonyl (C=S) groups is 1. The highest BCUT2D eigenvalue weighted by Crippen LogP contribution is 2.21. The number of unbranched alkanes of at least 4 members (excludes halogenated alkanes) is 1. The van der Waals surface area contributed by atoms with Crippen molar-refractivity contribution in [2.75, 3.05) is 16.6 Å². The Morgan fingerprint density at radius 3 is 2.26 bits per heavy atom. The molecule has 3 N–H and O–H groups in total. The Hall–Kier alpha value is -3.43. The van der Waals surface area contributed by atoms with Gasteiger partial charge in [0.2, 0.25) is 0 Å². The summed E-state index contributed by atoms with van der Waals surface area (Å²) in [5.74, 6) is 0.0959. The van der Waals surface area contributed by atoms with Gasteiger partial charge in [0, 0.05) is 11.4 Å². The summed E-state index contributed by atoms with van der Waals surface area (Å²) in [6.07, 6.45) is 1.88. The third-order valence-corrected chi connectivity index (χ3v) is 6.61. The van der Waals surface area contributed by atoms with E-state index in [9.17, 15) is 13.2 Å². The van der Waals surface area contributed by atoms with Crippen molar-refractivity contribution in [2.24, 2.45) is 0 Å². The highest BCUT2D eigenvalue weighted by molar-refractivity contribution is 7.92. The summed E-state index contributed by atoms with van der Waals surface area (Å²) in [6.45, 7) is 6.41. The number of para-hydroxylation sites is 1. The average molecular weight is 512 g/mol. The molecule has 0 saturated carbocycles. The monoisotopic (exact) mass is 511 g/mol. The van der Waals surface area contributed by atoms with Gasteiger partial charge in [-0.2, -0.15) is 0 Å². The third kappa shape index (κ3) is 7.53. The molecular formula is C26H29N3O4S2. The van der Waals surface area contributed by atoms with Gasteiger partial charge in [0.1, 0.15) is 5.75 Å². The highest BCUT2D eigenvalue weighted by Gasteiger charge is 2.16. The molecule has 3 rings (SSSR count). The van der Waals surface area contributed by atoms with Gasteiger partial charge < -0.3 is 10.1 Å². The lowest BCUT2D eigenvalue weighted by Gasteiger charge is -2.13. The molecule has 0 aliphatic heterocycles. The molecule has 0 aromatic heterocycles. The van der Waals surface area contributed by atoms with E-state index < -0.39 is 15.9 Å². The van der Waals surface area contributed by atoms with Crippen molar-refractivity contribution in [1.82, 2.24) is 5.32 Å². The van der Waals surface area contributed by atoms with Crippen molar-refractivity contribution in [3.8, 4) is 5.75 Å². The first-order valence-electron chi connectivity index (χ1n) is 11.2. The molecule has 9 heteroatoms. The molecule has 0 atom stereocenters. The molecule has 35 heavy (non-hydrogen) atoms. The molecule has 0 heterocycles. The minimum atomic E-state index is -3.76. The van der Waals surface area contributed by atoms with Crippen LogP contribution in [0.2, 0.25) is 0 Å². The first-order chi connectivity index (χ1) is 16.7. The number of benzene rings is 3. The first-order valence-corrected chi connectivity index (χ1v) is 13.1. The van der Waals surface area contributed by atoms with Crippen molar-refractivity contribution < 1.29 is 17.9 Å². The summed E-state index contributed by atoms with van der Waals surface area (Å²) in [7, 11) is -3.76. The Morgan fingerprint density at radius 2 is 1.60 bits per heavy atom. The van der Waals surface area contributed by atoms with E-state index in [0.29, 0.717) is 29.3 Å². The van der Waals surface area contributed by atoms with E-state index >= 15 is 0 Å². The molecule has 0 aliphatic rings. The molecule has 3 aromatic rings. The summed E-state index contributed by atoms with van der Waals surface area (Å²) < 4.78 is 33.8. The number of carbonyl (C=O) groups is 1. The second-order valence-electron chi connectivity index (χ2n) is 8.11. The van der Waals surface area contributed by atoms with Crippen LogP contribution in [-0.4, -0.2) is 26.0 Å². The molecule has 0 bridgehead atoms. The number of sulfonamides is 1. The van der Waals surface area contributed by atoms with Gasteiger partial charge >= 0.3 is 0 Å². The lowest BCUT2D eigenvalue weighted by atomic mass is 10.1. The van der Waals surface area contributed by atoms with Crippen LogP contribution in [0.3, 0.4) is 0 Å². The molecule has 0 aliphatic carbocycles. The van der Waals surface area contributed by atoms with Crippen LogP contribution in [0.1, 0.15) is 41.3 Å². The maximum Gasteiger partial charge on any atom is 0.261 e. The van der Waals surface area contributed by atoms with Gasteiger partial charge in [0.25, 0.3) is 15.9 Å². The van der Waals surface area contributed by atoms with Gasteiger partial charge in [-0.1, -0.05) is 31.5 Å². The van der Waals surface area contributed by atoms with Crippen LogP contribution < -0.4 is 20.1 Å². The second kappa shape index (κ2) is 11.8. The third-order valence-electron chi connectivity index (χ3n) is 5.01. The Bertz CT molecular complexity index is 1290. The van der Waals surface area contributed by atoms with Crippen molar-refractivity contribution in [3.05, 3.63) is 83.4 Å². The average Bonchev–Trinajstić information content (AvgIpc) is 2.79. The van der Waals surface area contributed by atoms with E-state index in [4.69, 9.17) is 17.0 Å². The van der Waals surface area contributed by atoms with Crippen molar-refractivity contribution in [2.45, 2.75) is 38.5 Å². The number of ether oxygens (including phenoxy) is 1.